The number of benzene rings is 1. The summed E-state index contributed by atoms with van der Waals surface area (Å²) in [6.07, 6.45) is 10.6. The summed E-state index contributed by atoms with van der Waals surface area (Å²) >= 11 is 6.54. The Labute approximate surface area is 225 Å². The van der Waals surface area contributed by atoms with Gasteiger partial charge in [-0.15, -0.1) is 0 Å². The van der Waals surface area contributed by atoms with Crippen molar-refractivity contribution in [3.63, 3.8) is 0 Å². The van der Waals surface area contributed by atoms with Crippen molar-refractivity contribution >= 4 is 23.5 Å². The molecule has 0 saturated heterocycles. The van der Waals surface area contributed by atoms with Crippen LogP contribution >= 0.6 is 11.6 Å². The van der Waals surface area contributed by atoms with Crippen LogP contribution in [0.1, 0.15) is 42.1 Å². The number of aromatic nitrogens is 1. The maximum atomic E-state index is 11.4. The van der Waals surface area contributed by atoms with Gasteiger partial charge in [-0.3, -0.25) is 0 Å². The molecule has 0 unspecified atom stereocenters. The van der Waals surface area contributed by atoms with Gasteiger partial charge in [0, 0.05) is 23.5 Å². The van der Waals surface area contributed by atoms with E-state index in [2.05, 4.69) is 16.7 Å². The first-order valence-corrected chi connectivity index (χ1v) is 12.7. The van der Waals surface area contributed by atoms with Crippen LogP contribution in [0.25, 0.3) is 11.3 Å². The van der Waals surface area contributed by atoms with Gasteiger partial charge in [-0.25, -0.2) is 9.79 Å². The molecule has 1 aromatic heterocycles. The molecule has 196 valence electrons. The maximum absolute atomic E-state index is 11.4. The predicted molar refractivity (Wildman–Crippen MR) is 143 cm³/mol. The first-order valence-electron chi connectivity index (χ1n) is 12.3. The smallest absolute Gasteiger partial charge is 0.331 e. The number of carboxylic acid groups (broad SMARTS) is 1. The van der Waals surface area contributed by atoms with Gasteiger partial charge in [0.05, 0.1) is 16.3 Å². The molecule has 1 aromatic carbocycles. The summed E-state index contributed by atoms with van der Waals surface area (Å²) in [5, 5.41) is 14.3. The summed E-state index contributed by atoms with van der Waals surface area (Å²) in [6, 6.07) is 5.73. The van der Waals surface area contributed by atoms with Crippen LogP contribution in [-0.2, 0) is 25.6 Å². The van der Waals surface area contributed by atoms with Crippen molar-refractivity contribution in [2.24, 2.45) is 4.99 Å². The molecular weight excluding hydrogens is 508 g/mol. The molecule has 0 radical (unpaired) electrons. The number of rotatable bonds is 5. The third kappa shape index (κ3) is 5.75. The van der Waals surface area contributed by atoms with Gasteiger partial charge in [0.2, 0.25) is 5.90 Å². The Morgan fingerprint density at radius 2 is 2.08 bits per heavy atom. The van der Waals surface area contributed by atoms with Gasteiger partial charge in [0.15, 0.2) is 11.5 Å². The Bertz CT molecular complexity index is 1400. The molecule has 1 saturated carbocycles. The number of halogens is 1. The van der Waals surface area contributed by atoms with Crippen molar-refractivity contribution in [3.8, 4) is 11.3 Å². The number of allylic oxidation sites excluding steroid dienone is 3. The zero-order valence-corrected chi connectivity index (χ0v) is 21.7. The lowest BCUT2D eigenvalue weighted by atomic mass is 10.0. The topological polar surface area (TPSA) is 103 Å². The fourth-order valence-electron chi connectivity index (χ4n) is 4.19. The van der Waals surface area contributed by atoms with Gasteiger partial charge in [0.1, 0.15) is 31.3 Å². The number of fused-ring (bicyclic) bond motifs is 1. The Balaban J connectivity index is 1.37. The summed E-state index contributed by atoms with van der Waals surface area (Å²) in [7, 11) is 0. The van der Waals surface area contributed by atoms with Crippen molar-refractivity contribution in [3.05, 3.63) is 99.9 Å². The number of carboxylic acids is 1. The third-order valence-electron chi connectivity index (χ3n) is 6.31. The third-order valence-corrected chi connectivity index (χ3v) is 6.62. The lowest BCUT2D eigenvalue weighted by molar-refractivity contribution is -0.132. The van der Waals surface area contributed by atoms with Gasteiger partial charge < -0.3 is 23.8 Å². The van der Waals surface area contributed by atoms with E-state index in [0.717, 1.165) is 35.3 Å². The van der Waals surface area contributed by atoms with E-state index in [1.807, 2.05) is 25.1 Å². The van der Waals surface area contributed by atoms with Crippen LogP contribution in [0.5, 0.6) is 0 Å². The number of aliphatic imine (C=N–C) groups is 1. The molecule has 0 atom stereocenters. The summed E-state index contributed by atoms with van der Waals surface area (Å²) in [6.45, 7) is 6.43. The molecule has 1 fully saturated rings. The fraction of sp³-hybridized carbons (Fsp3) is 0.276. The van der Waals surface area contributed by atoms with Gasteiger partial charge in [-0.1, -0.05) is 35.5 Å². The zero-order valence-electron chi connectivity index (χ0n) is 20.9. The minimum atomic E-state index is -0.986. The molecular formula is C29H27ClN2O6. The van der Waals surface area contributed by atoms with Crippen molar-refractivity contribution < 1.29 is 28.6 Å². The van der Waals surface area contributed by atoms with Crippen LogP contribution in [0.4, 0.5) is 0 Å². The quantitative estimate of drug-likeness (QED) is 0.473. The molecule has 1 N–H and O–H groups in total. The number of hydrogen-bond acceptors (Lipinski definition) is 7. The predicted octanol–water partition coefficient (Wildman–Crippen LogP) is 6.40. The van der Waals surface area contributed by atoms with E-state index in [-0.39, 0.29) is 31.8 Å². The highest BCUT2D eigenvalue weighted by molar-refractivity contribution is 6.33. The standard InChI is InChI=1S/C29H27ClN2O6/c1-17-5-3-6-22(30)26(17)27-21(28(38-32-27)19-8-9-19)16-37-25-7-4-14-35-23-12-10-20(29(33)34)11-13-24(23)36-15-18(2)31-25/h3-7,11-13,19H,2,8-10,14-16H2,1H3,(H,33,34)/b7-4-,31-25+. The highest BCUT2D eigenvalue weighted by Crippen LogP contribution is 2.45. The minimum Gasteiger partial charge on any atom is -0.486 e. The Hall–Kier alpha value is -4.04. The minimum absolute atomic E-state index is 0.0636. The van der Waals surface area contributed by atoms with E-state index in [0.29, 0.717) is 39.7 Å². The van der Waals surface area contributed by atoms with Crippen molar-refractivity contribution in [2.75, 3.05) is 13.2 Å². The fourth-order valence-corrected chi connectivity index (χ4v) is 4.50. The number of hydrogen-bond donors (Lipinski definition) is 1. The molecule has 2 aromatic rings. The second kappa shape index (κ2) is 11.1. The maximum Gasteiger partial charge on any atom is 0.331 e. The van der Waals surface area contributed by atoms with Crippen LogP contribution in [-0.4, -0.2) is 35.3 Å². The molecule has 0 amide bonds. The second-order valence-electron chi connectivity index (χ2n) is 9.19. The molecule has 3 aliphatic rings. The molecule has 2 aliphatic carbocycles. The van der Waals surface area contributed by atoms with E-state index >= 15 is 0 Å². The number of nitrogens with zero attached hydrogens (tertiary/aromatic N) is 2. The molecule has 2 heterocycles. The van der Waals surface area contributed by atoms with E-state index in [1.165, 1.54) is 6.08 Å². The van der Waals surface area contributed by atoms with Crippen molar-refractivity contribution in [2.45, 2.75) is 38.7 Å². The average molecular weight is 535 g/mol. The van der Waals surface area contributed by atoms with Crippen LogP contribution in [0, 0.1) is 6.92 Å². The van der Waals surface area contributed by atoms with Crippen LogP contribution in [0.2, 0.25) is 5.02 Å². The summed E-state index contributed by atoms with van der Waals surface area (Å²) in [5.74, 6) is 1.36. The normalized spacial score (nSPS) is 20.1. The Kier molecular flexibility index (Phi) is 7.51. The van der Waals surface area contributed by atoms with E-state index in [1.54, 1.807) is 24.3 Å². The van der Waals surface area contributed by atoms with Crippen molar-refractivity contribution in [1.82, 2.24) is 5.16 Å². The number of aliphatic carboxylic acids is 1. The van der Waals surface area contributed by atoms with Gasteiger partial charge in [0.25, 0.3) is 0 Å². The van der Waals surface area contributed by atoms with Gasteiger partial charge in [-0.05, 0) is 61.8 Å². The SMILES string of the molecule is C=C1COC2=CC=C(C(=O)O)CC=C2OC/C=C\C(OCc2c(-c3c(C)cccc3Cl)noc2C2CC2)=N/1. The molecule has 0 bridgehead atoms. The monoisotopic (exact) mass is 534 g/mol. The van der Waals surface area contributed by atoms with Gasteiger partial charge in [-0.2, -0.15) is 0 Å². The molecule has 8 nitrogen and oxygen atoms in total. The molecule has 38 heavy (non-hydrogen) atoms. The lowest BCUT2D eigenvalue weighted by Crippen LogP contribution is -2.06. The summed E-state index contributed by atoms with van der Waals surface area (Å²) in [5.41, 5.74) is 4.02. The summed E-state index contributed by atoms with van der Waals surface area (Å²) < 4.78 is 23.6. The molecule has 1 aliphatic heterocycles. The van der Waals surface area contributed by atoms with Crippen molar-refractivity contribution in [1.29, 1.82) is 0 Å². The lowest BCUT2D eigenvalue weighted by Gasteiger charge is -2.13. The molecule has 0 spiro atoms. The largest absolute Gasteiger partial charge is 0.486 e. The number of aryl methyl sites for hydroxylation is 1. The van der Waals surface area contributed by atoms with Crippen LogP contribution < -0.4 is 0 Å². The summed E-state index contributed by atoms with van der Waals surface area (Å²) in [4.78, 5) is 15.9. The Morgan fingerprint density at radius 1 is 1.24 bits per heavy atom. The molecule has 9 heteroatoms. The zero-order chi connectivity index (χ0) is 26.6. The first kappa shape index (κ1) is 25.6. The second-order valence-corrected chi connectivity index (χ2v) is 9.59. The first-order chi connectivity index (χ1) is 18.4. The van der Waals surface area contributed by atoms with E-state index in [9.17, 15) is 9.90 Å². The highest BCUT2D eigenvalue weighted by Gasteiger charge is 2.33. The van der Waals surface area contributed by atoms with Gasteiger partial charge >= 0.3 is 5.97 Å². The highest BCUT2D eigenvalue weighted by atomic mass is 35.5. The number of carbonyl (C=O) groups is 1. The van der Waals surface area contributed by atoms with E-state index in [4.69, 9.17) is 30.3 Å². The van der Waals surface area contributed by atoms with Crippen LogP contribution in [0.3, 0.4) is 0 Å². The van der Waals surface area contributed by atoms with E-state index < -0.39 is 5.97 Å². The van der Waals surface area contributed by atoms with Crippen LogP contribution in [0.15, 0.2) is 87.5 Å². The average Bonchev–Trinajstić information content (AvgIpc) is 3.67. The Morgan fingerprint density at radius 3 is 2.84 bits per heavy atom. The number of ether oxygens (including phenoxy) is 3. The molecule has 5 rings (SSSR count).